The van der Waals surface area contributed by atoms with Gasteiger partial charge < -0.3 is 10.0 Å². The fraction of sp³-hybridized carbons (Fsp3) is 0.263. The topological polar surface area (TPSA) is 95.0 Å². The van der Waals surface area contributed by atoms with Crippen LogP contribution in [0.5, 0.6) is 0 Å². The fourth-order valence-electron chi connectivity index (χ4n) is 2.52. The highest BCUT2D eigenvalue weighted by Gasteiger charge is 2.25. The Morgan fingerprint density at radius 3 is 2.22 bits per heavy atom. The number of carbonyl (C=O) groups excluding carboxylic acids is 1. The highest BCUT2D eigenvalue weighted by molar-refractivity contribution is 7.92. The maximum atomic E-state index is 12.9. The number of carbonyl (C=O) groups is 2. The summed E-state index contributed by atoms with van der Waals surface area (Å²) in [5.41, 5.74) is 0.608. The summed E-state index contributed by atoms with van der Waals surface area (Å²) in [4.78, 5) is 24.9. The molecule has 0 heterocycles. The van der Waals surface area contributed by atoms with Crippen molar-refractivity contribution >= 4 is 27.6 Å². The van der Waals surface area contributed by atoms with Crippen LogP contribution >= 0.6 is 0 Å². The van der Waals surface area contributed by atoms with Gasteiger partial charge in [-0.15, -0.1) is 0 Å². The first-order valence-electron chi connectivity index (χ1n) is 8.31. The van der Waals surface area contributed by atoms with Gasteiger partial charge in [-0.2, -0.15) is 0 Å². The number of hydrogen-bond acceptors (Lipinski definition) is 4. The van der Waals surface area contributed by atoms with Crippen molar-refractivity contribution in [2.24, 2.45) is 0 Å². The number of rotatable bonds is 7. The normalized spacial score (nSPS) is 11.3. The quantitative estimate of drug-likeness (QED) is 0.784. The van der Waals surface area contributed by atoms with Gasteiger partial charge in [0.1, 0.15) is 6.54 Å². The summed E-state index contributed by atoms with van der Waals surface area (Å²) in [6.07, 6.45) is 0. The van der Waals surface area contributed by atoms with Crippen LogP contribution in [0.2, 0.25) is 0 Å². The van der Waals surface area contributed by atoms with Crippen LogP contribution in [0.4, 0.5) is 5.69 Å². The molecule has 0 bridgehead atoms. The molecule has 0 spiro atoms. The largest absolute Gasteiger partial charge is 0.480 e. The standard InChI is InChI=1S/C19H22N2O5S/c1-14(2)21(13-18(22)23)19(24)15-8-7-11-17(12-15)27(25,26)20(3)16-9-5-4-6-10-16/h4-12,14H,13H2,1-3H3,(H,22,23). The molecule has 1 amide bonds. The second kappa shape index (κ2) is 8.22. The van der Waals surface area contributed by atoms with E-state index in [0.29, 0.717) is 5.69 Å². The molecule has 0 saturated heterocycles. The molecule has 2 aromatic carbocycles. The van der Waals surface area contributed by atoms with Gasteiger partial charge in [0.25, 0.3) is 15.9 Å². The second-order valence-corrected chi connectivity index (χ2v) is 8.23. The van der Waals surface area contributed by atoms with E-state index in [4.69, 9.17) is 5.11 Å². The van der Waals surface area contributed by atoms with Gasteiger partial charge >= 0.3 is 5.97 Å². The molecule has 144 valence electrons. The van der Waals surface area contributed by atoms with E-state index < -0.39 is 28.4 Å². The maximum absolute atomic E-state index is 12.9. The summed E-state index contributed by atoms with van der Waals surface area (Å²) >= 11 is 0. The Kier molecular flexibility index (Phi) is 6.22. The average Bonchev–Trinajstić information content (AvgIpc) is 2.65. The van der Waals surface area contributed by atoms with Crippen LogP contribution in [0.15, 0.2) is 59.5 Å². The van der Waals surface area contributed by atoms with Gasteiger partial charge in [0, 0.05) is 18.7 Å². The molecule has 0 unspecified atom stereocenters. The smallest absolute Gasteiger partial charge is 0.323 e. The highest BCUT2D eigenvalue weighted by Crippen LogP contribution is 2.23. The fourth-order valence-corrected chi connectivity index (χ4v) is 3.77. The van der Waals surface area contributed by atoms with Crippen LogP contribution in [0.3, 0.4) is 0 Å². The zero-order valence-electron chi connectivity index (χ0n) is 15.4. The molecule has 0 radical (unpaired) electrons. The lowest BCUT2D eigenvalue weighted by Gasteiger charge is -2.25. The number of carboxylic acid groups (broad SMARTS) is 1. The van der Waals surface area contributed by atoms with Crippen molar-refractivity contribution in [3.8, 4) is 0 Å². The Labute approximate surface area is 158 Å². The van der Waals surface area contributed by atoms with E-state index in [1.165, 1.54) is 36.2 Å². The Balaban J connectivity index is 2.39. The molecule has 0 aliphatic rings. The van der Waals surface area contributed by atoms with Gasteiger partial charge in [-0.25, -0.2) is 8.42 Å². The highest BCUT2D eigenvalue weighted by atomic mass is 32.2. The van der Waals surface area contributed by atoms with Gasteiger partial charge in [-0.05, 0) is 44.2 Å². The van der Waals surface area contributed by atoms with Crippen molar-refractivity contribution in [1.82, 2.24) is 4.90 Å². The zero-order chi connectivity index (χ0) is 20.2. The molecule has 0 aromatic heterocycles. The SMILES string of the molecule is CC(C)N(CC(=O)O)C(=O)c1cccc(S(=O)(=O)N(C)c2ccccc2)c1. The molecular formula is C19H22N2O5S. The Bertz CT molecular complexity index is 926. The van der Waals surface area contributed by atoms with E-state index in [0.717, 1.165) is 4.31 Å². The number of sulfonamides is 1. The van der Waals surface area contributed by atoms with Gasteiger partial charge in [0.05, 0.1) is 10.6 Å². The monoisotopic (exact) mass is 390 g/mol. The molecule has 0 saturated carbocycles. The van der Waals surface area contributed by atoms with Crippen LogP contribution in [0.25, 0.3) is 0 Å². The van der Waals surface area contributed by atoms with Crippen LogP contribution in [0, 0.1) is 0 Å². The van der Waals surface area contributed by atoms with Crippen molar-refractivity contribution in [2.45, 2.75) is 24.8 Å². The molecule has 27 heavy (non-hydrogen) atoms. The van der Waals surface area contributed by atoms with E-state index in [1.54, 1.807) is 44.2 Å². The lowest BCUT2D eigenvalue weighted by atomic mass is 10.1. The number of carboxylic acids is 1. The molecule has 2 rings (SSSR count). The number of amides is 1. The van der Waals surface area contributed by atoms with E-state index in [9.17, 15) is 18.0 Å². The number of benzene rings is 2. The third kappa shape index (κ3) is 4.65. The predicted octanol–water partition coefficient (Wildman–Crippen LogP) is 2.45. The third-order valence-corrected chi connectivity index (χ3v) is 5.83. The van der Waals surface area contributed by atoms with E-state index in [2.05, 4.69) is 0 Å². The second-order valence-electron chi connectivity index (χ2n) is 6.26. The van der Waals surface area contributed by atoms with E-state index >= 15 is 0 Å². The van der Waals surface area contributed by atoms with Gasteiger partial charge in [-0.1, -0.05) is 24.3 Å². The summed E-state index contributed by atoms with van der Waals surface area (Å²) in [5.74, 6) is -1.67. The number of anilines is 1. The molecule has 7 nitrogen and oxygen atoms in total. The number of nitrogens with zero attached hydrogens (tertiary/aromatic N) is 2. The first kappa shape index (κ1) is 20.4. The number of hydrogen-bond donors (Lipinski definition) is 1. The molecule has 0 atom stereocenters. The Hall–Kier alpha value is -2.87. The van der Waals surface area contributed by atoms with Gasteiger partial charge in [0.2, 0.25) is 0 Å². The molecule has 2 aromatic rings. The van der Waals surface area contributed by atoms with Crippen LogP contribution in [0.1, 0.15) is 24.2 Å². The maximum Gasteiger partial charge on any atom is 0.323 e. The zero-order valence-corrected chi connectivity index (χ0v) is 16.2. The van der Waals surface area contributed by atoms with Crippen LogP contribution < -0.4 is 4.31 Å². The first-order valence-corrected chi connectivity index (χ1v) is 9.75. The summed E-state index contributed by atoms with van der Waals surface area (Å²) in [7, 11) is -2.44. The van der Waals surface area contributed by atoms with E-state index in [1.807, 2.05) is 0 Å². The van der Waals surface area contributed by atoms with Crippen LogP contribution in [-0.2, 0) is 14.8 Å². The number of aliphatic carboxylic acids is 1. The minimum Gasteiger partial charge on any atom is -0.480 e. The van der Waals surface area contributed by atoms with Crippen molar-refractivity contribution in [2.75, 3.05) is 17.9 Å². The van der Waals surface area contributed by atoms with Crippen LogP contribution in [-0.4, -0.2) is 49.9 Å². The molecule has 1 N–H and O–H groups in total. The Morgan fingerprint density at radius 1 is 1.04 bits per heavy atom. The first-order chi connectivity index (χ1) is 12.6. The molecule has 8 heteroatoms. The molecule has 0 aliphatic carbocycles. The lowest BCUT2D eigenvalue weighted by Crippen LogP contribution is -2.40. The molecule has 0 aliphatic heterocycles. The van der Waals surface area contributed by atoms with E-state index in [-0.39, 0.29) is 16.5 Å². The number of para-hydroxylation sites is 1. The summed E-state index contributed by atoms with van der Waals surface area (Å²) in [5, 5.41) is 9.01. The summed E-state index contributed by atoms with van der Waals surface area (Å²) < 4.78 is 26.9. The summed E-state index contributed by atoms with van der Waals surface area (Å²) in [6.45, 7) is 2.94. The molecular weight excluding hydrogens is 368 g/mol. The van der Waals surface area contributed by atoms with Gasteiger partial charge in [-0.3, -0.25) is 13.9 Å². The van der Waals surface area contributed by atoms with Crippen molar-refractivity contribution in [1.29, 1.82) is 0 Å². The average molecular weight is 390 g/mol. The Morgan fingerprint density at radius 2 is 1.67 bits per heavy atom. The van der Waals surface area contributed by atoms with Crippen molar-refractivity contribution < 1.29 is 23.1 Å². The predicted molar refractivity (Wildman–Crippen MR) is 102 cm³/mol. The minimum absolute atomic E-state index is 0.0428. The minimum atomic E-state index is -3.87. The third-order valence-electron chi connectivity index (χ3n) is 4.05. The molecule has 0 fully saturated rings. The van der Waals surface area contributed by atoms with Gasteiger partial charge in [0.15, 0.2) is 0 Å². The summed E-state index contributed by atoms with van der Waals surface area (Å²) in [6, 6.07) is 13.9. The van der Waals surface area contributed by atoms with Crippen molar-refractivity contribution in [3.05, 3.63) is 60.2 Å². The van der Waals surface area contributed by atoms with Crippen molar-refractivity contribution in [3.63, 3.8) is 0 Å². The lowest BCUT2D eigenvalue weighted by molar-refractivity contribution is -0.138.